The minimum atomic E-state index is -4.93. The van der Waals surface area contributed by atoms with Gasteiger partial charge in [-0.25, -0.2) is 13.2 Å². The van der Waals surface area contributed by atoms with E-state index in [1.54, 1.807) is 18.7 Å². The Labute approximate surface area is 341 Å². The summed E-state index contributed by atoms with van der Waals surface area (Å²) in [6.45, 7) is 8.63. The normalized spacial score (nSPS) is 20.0. The Morgan fingerprint density at radius 1 is 0.966 bits per heavy atom. The summed E-state index contributed by atoms with van der Waals surface area (Å²) in [7, 11) is -1.84. The summed E-state index contributed by atoms with van der Waals surface area (Å²) in [4.78, 5) is 54.9. The fourth-order valence-corrected chi connectivity index (χ4v) is 10.1. The fourth-order valence-electron chi connectivity index (χ4n) is 8.38. The number of urea groups is 1. The molecule has 4 saturated heterocycles. The standard InChI is InChI=1S/C40H50F3N7O8S/c1-27(2)26-59(54,55)33-7-5-4-6-32(33)57-31-9-8-29(24-30(31)40(41,42)43)35-44-34(58-45-35)25-49-37(52)39(50(38(49)53)19-18-47-20-22-56-23-21-47)12-16-48(17-13-39)36(51)28-10-14-46(3)15-11-28/h4-9,24,27-28H,10-23,25-26H2,1-3H3. The number of alkyl halides is 3. The van der Waals surface area contributed by atoms with Crippen LogP contribution in [0.1, 0.15) is 51.0 Å². The van der Waals surface area contributed by atoms with Crippen molar-refractivity contribution < 1.29 is 50.0 Å². The van der Waals surface area contributed by atoms with Crippen molar-refractivity contribution in [3.8, 4) is 22.9 Å². The number of hydrogen-bond acceptors (Lipinski definition) is 12. The van der Waals surface area contributed by atoms with Gasteiger partial charge in [-0.2, -0.15) is 18.2 Å². The average Bonchev–Trinajstić information content (AvgIpc) is 3.74. The smallest absolute Gasteiger partial charge is 0.420 e. The van der Waals surface area contributed by atoms with Crippen LogP contribution in [0, 0.1) is 11.8 Å². The minimum absolute atomic E-state index is 0.0761. The third-order valence-corrected chi connectivity index (χ3v) is 13.7. The number of hydrogen-bond donors (Lipinski definition) is 0. The van der Waals surface area contributed by atoms with Crippen LogP contribution in [0.25, 0.3) is 11.4 Å². The highest BCUT2D eigenvalue weighted by molar-refractivity contribution is 7.91. The van der Waals surface area contributed by atoms with Gasteiger partial charge in [-0.3, -0.25) is 19.4 Å². The molecule has 4 amide bonds. The molecular formula is C40H50F3N7O8S. The number of aromatic nitrogens is 2. The molecule has 320 valence electrons. The van der Waals surface area contributed by atoms with Crippen molar-refractivity contribution in [3.63, 3.8) is 0 Å². The number of sulfone groups is 1. The van der Waals surface area contributed by atoms with Crippen LogP contribution in [-0.2, 0) is 36.9 Å². The van der Waals surface area contributed by atoms with E-state index in [9.17, 15) is 36.0 Å². The highest BCUT2D eigenvalue weighted by Crippen LogP contribution is 2.42. The Hall–Kier alpha value is -4.59. The third kappa shape index (κ3) is 9.12. The van der Waals surface area contributed by atoms with Gasteiger partial charge in [0.05, 0.1) is 24.5 Å². The van der Waals surface area contributed by atoms with Crippen molar-refractivity contribution in [1.29, 1.82) is 0 Å². The second-order valence-electron chi connectivity index (χ2n) is 16.2. The third-order valence-electron chi connectivity index (χ3n) is 11.6. The fraction of sp³-hybridized carbons (Fsp3) is 0.575. The van der Waals surface area contributed by atoms with Gasteiger partial charge in [-0.1, -0.05) is 31.1 Å². The molecule has 0 N–H and O–H groups in total. The Morgan fingerprint density at radius 3 is 2.34 bits per heavy atom. The number of carbonyl (C=O) groups is 3. The maximum absolute atomic E-state index is 14.5. The van der Waals surface area contributed by atoms with E-state index in [1.165, 1.54) is 30.3 Å². The maximum atomic E-state index is 14.5. The summed E-state index contributed by atoms with van der Waals surface area (Å²) in [6.07, 6.45) is -2.87. The van der Waals surface area contributed by atoms with Gasteiger partial charge in [-0.15, -0.1) is 0 Å². The number of para-hydroxylation sites is 1. The molecule has 7 rings (SSSR count). The number of imide groups is 1. The number of benzene rings is 2. The first-order valence-corrected chi connectivity index (χ1v) is 21.7. The van der Waals surface area contributed by atoms with Crippen LogP contribution in [0.15, 0.2) is 51.9 Å². The van der Waals surface area contributed by atoms with Crippen molar-refractivity contribution in [2.45, 2.75) is 62.7 Å². The number of carbonyl (C=O) groups excluding carboxylic acids is 3. The maximum Gasteiger partial charge on any atom is 0.420 e. The van der Waals surface area contributed by atoms with Gasteiger partial charge in [0.15, 0.2) is 9.84 Å². The number of morpholine rings is 1. The molecule has 1 aromatic heterocycles. The van der Waals surface area contributed by atoms with E-state index in [2.05, 4.69) is 19.9 Å². The Kier molecular flexibility index (Phi) is 12.4. The molecule has 4 aliphatic heterocycles. The van der Waals surface area contributed by atoms with Gasteiger partial charge in [0.2, 0.25) is 17.6 Å². The Bertz CT molecular complexity index is 2130. The lowest BCUT2D eigenvalue weighted by Gasteiger charge is -2.44. The molecule has 0 atom stereocenters. The second-order valence-corrected chi connectivity index (χ2v) is 18.2. The molecule has 4 fully saturated rings. The zero-order valence-electron chi connectivity index (χ0n) is 33.4. The van der Waals surface area contributed by atoms with E-state index < -0.39 is 51.3 Å². The largest absolute Gasteiger partial charge is 0.455 e. The van der Waals surface area contributed by atoms with Crippen molar-refractivity contribution in [2.75, 3.05) is 78.4 Å². The van der Waals surface area contributed by atoms with Gasteiger partial charge < -0.3 is 28.7 Å². The topological polar surface area (TPSA) is 159 Å². The van der Waals surface area contributed by atoms with E-state index in [0.717, 1.165) is 43.0 Å². The zero-order valence-corrected chi connectivity index (χ0v) is 34.3. The number of halogens is 3. The van der Waals surface area contributed by atoms with Crippen LogP contribution in [-0.4, -0.2) is 145 Å². The first-order valence-electron chi connectivity index (χ1n) is 20.0. The molecule has 4 aliphatic rings. The lowest BCUT2D eigenvalue weighted by molar-refractivity contribution is -0.144. The molecule has 0 unspecified atom stereocenters. The second kappa shape index (κ2) is 17.2. The van der Waals surface area contributed by atoms with Crippen LogP contribution in [0.2, 0.25) is 0 Å². The molecule has 3 aromatic rings. The van der Waals surface area contributed by atoms with Crippen molar-refractivity contribution in [2.24, 2.45) is 11.8 Å². The number of nitrogens with zero attached hydrogens (tertiary/aromatic N) is 7. The number of amides is 4. The van der Waals surface area contributed by atoms with E-state index in [0.29, 0.717) is 45.9 Å². The van der Waals surface area contributed by atoms with Crippen molar-refractivity contribution in [3.05, 3.63) is 53.9 Å². The minimum Gasteiger partial charge on any atom is -0.455 e. The molecule has 0 aliphatic carbocycles. The predicted octanol–water partition coefficient (Wildman–Crippen LogP) is 4.78. The van der Waals surface area contributed by atoms with Crippen LogP contribution in [0.3, 0.4) is 0 Å². The number of rotatable bonds is 12. The average molecular weight is 846 g/mol. The molecule has 0 saturated carbocycles. The van der Waals surface area contributed by atoms with Gasteiger partial charge in [0.25, 0.3) is 5.91 Å². The summed E-state index contributed by atoms with van der Waals surface area (Å²) < 4.78 is 86.1. The monoisotopic (exact) mass is 845 g/mol. The van der Waals surface area contributed by atoms with Crippen LogP contribution in [0.5, 0.6) is 11.5 Å². The molecule has 19 heteroatoms. The summed E-state index contributed by atoms with van der Waals surface area (Å²) in [5.74, 6) is -2.18. The lowest BCUT2D eigenvalue weighted by Crippen LogP contribution is -2.59. The molecule has 0 radical (unpaired) electrons. The number of likely N-dealkylation sites (tertiary alicyclic amines) is 2. The van der Waals surface area contributed by atoms with Gasteiger partial charge in [0, 0.05) is 50.7 Å². The molecule has 0 bridgehead atoms. The lowest BCUT2D eigenvalue weighted by atomic mass is 9.84. The zero-order chi connectivity index (χ0) is 42.1. The quantitative estimate of drug-likeness (QED) is 0.230. The Morgan fingerprint density at radius 2 is 1.66 bits per heavy atom. The molecule has 1 spiro atoms. The van der Waals surface area contributed by atoms with E-state index in [1.807, 2.05) is 11.9 Å². The first kappa shape index (κ1) is 42.5. The van der Waals surface area contributed by atoms with Gasteiger partial charge in [-0.05, 0) is 82.1 Å². The number of ether oxygens (including phenoxy) is 2. The number of piperidine rings is 2. The molecule has 59 heavy (non-hydrogen) atoms. The van der Waals surface area contributed by atoms with Crippen LogP contribution in [0.4, 0.5) is 18.0 Å². The van der Waals surface area contributed by atoms with E-state index in [-0.39, 0.29) is 70.8 Å². The van der Waals surface area contributed by atoms with Crippen LogP contribution < -0.4 is 4.74 Å². The summed E-state index contributed by atoms with van der Waals surface area (Å²) >= 11 is 0. The molecule has 5 heterocycles. The van der Waals surface area contributed by atoms with E-state index in [4.69, 9.17) is 14.0 Å². The molecular weight excluding hydrogens is 796 g/mol. The predicted molar refractivity (Wildman–Crippen MR) is 207 cm³/mol. The molecule has 15 nitrogen and oxygen atoms in total. The summed E-state index contributed by atoms with van der Waals surface area (Å²) in [6, 6.07) is 8.07. The molecule has 2 aromatic carbocycles. The highest BCUT2D eigenvalue weighted by Gasteiger charge is 2.58. The SMILES string of the molecule is CC(C)CS(=O)(=O)c1ccccc1Oc1ccc(-c2noc(CN3C(=O)N(CCN4CCOCC4)C4(CCN(C(=O)C5CCN(C)CC5)CC4)C3=O)n2)cc1C(F)(F)F. The van der Waals surface area contributed by atoms with Gasteiger partial charge >= 0.3 is 12.2 Å². The van der Waals surface area contributed by atoms with E-state index >= 15 is 0 Å². The highest BCUT2D eigenvalue weighted by atomic mass is 32.2. The van der Waals surface area contributed by atoms with Crippen LogP contribution >= 0.6 is 0 Å². The Balaban J connectivity index is 1.10. The van der Waals surface area contributed by atoms with Gasteiger partial charge in [0.1, 0.15) is 28.5 Å². The summed E-state index contributed by atoms with van der Waals surface area (Å²) in [5, 5.41) is 3.89. The summed E-state index contributed by atoms with van der Waals surface area (Å²) in [5.41, 5.74) is -2.49. The van der Waals surface area contributed by atoms with Crippen molar-refractivity contribution >= 4 is 27.7 Å². The first-order chi connectivity index (χ1) is 28.1. The van der Waals surface area contributed by atoms with Crippen molar-refractivity contribution in [1.82, 2.24) is 34.6 Å².